The third-order valence-corrected chi connectivity index (χ3v) is 2.58. The van der Waals surface area contributed by atoms with Crippen molar-refractivity contribution in [3.05, 3.63) is 48.5 Å². The standard InChI is InChI=1S/C15H20N4O/c1-15(2,3)17-14(20)10-19-12-18(11-16-19)9-13-7-5-4-6-8-13/h4-8,11H,9-10H2,1-3H3,(H,17,20). The Balaban J connectivity index is 1.94. The molecule has 2 aromatic rings. The number of rotatable bonds is 4. The minimum atomic E-state index is -0.232. The molecule has 5 nitrogen and oxygen atoms in total. The Morgan fingerprint density at radius 3 is 2.70 bits per heavy atom. The van der Waals surface area contributed by atoms with E-state index in [0.29, 0.717) is 6.54 Å². The molecule has 0 saturated carbocycles. The average molecular weight is 272 g/mol. The van der Waals surface area contributed by atoms with E-state index in [1.807, 2.05) is 55.7 Å². The lowest BCUT2D eigenvalue weighted by Gasteiger charge is -2.19. The van der Waals surface area contributed by atoms with Gasteiger partial charge in [-0.2, -0.15) is 5.10 Å². The minimum absolute atomic E-state index is 0.0660. The van der Waals surface area contributed by atoms with Crippen LogP contribution in [-0.4, -0.2) is 21.1 Å². The van der Waals surface area contributed by atoms with Gasteiger partial charge in [0, 0.05) is 5.54 Å². The summed E-state index contributed by atoms with van der Waals surface area (Å²) in [6, 6.07) is 10.1. The van der Waals surface area contributed by atoms with Crippen LogP contribution in [-0.2, 0) is 17.9 Å². The zero-order chi connectivity index (χ0) is 14.6. The molecule has 0 atom stereocenters. The molecular formula is C15H20N4O. The van der Waals surface area contributed by atoms with Gasteiger partial charge in [-0.05, 0) is 26.3 Å². The Morgan fingerprint density at radius 1 is 1.35 bits per heavy atom. The number of amides is 1. The lowest BCUT2D eigenvalue weighted by molar-refractivity contribution is -0.744. The van der Waals surface area contributed by atoms with Crippen LogP contribution in [0.3, 0.4) is 0 Å². The van der Waals surface area contributed by atoms with Crippen molar-refractivity contribution in [1.82, 2.24) is 15.0 Å². The van der Waals surface area contributed by atoms with Crippen LogP contribution < -0.4 is 10.00 Å². The van der Waals surface area contributed by atoms with Crippen LogP contribution in [0.15, 0.2) is 36.7 Å². The van der Waals surface area contributed by atoms with Crippen molar-refractivity contribution in [3.8, 4) is 0 Å². The van der Waals surface area contributed by atoms with Gasteiger partial charge in [0.2, 0.25) is 0 Å². The zero-order valence-corrected chi connectivity index (χ0v) is 12.1. The summed E-state index contributed by atoms with van der Waals surface area (Å²) in [5.41, 5.74) is 0.942. The number of carbonyl (C=O) groups is 1. The molecule has 0 spiro atoms. The number of carbonyl (C=O) groups excluding carboxylic acids is 1. The first-order valence-electron chi connectivity index (χ1n) is 6.62. The monoisotopic (exact) mass is 272 g/mol. The molecule has 1 N–H and O–H groups in total. The maximum atomic E-state index is 11.8. The van der Waals surface area contributed by atoms with E-state index in [1.165, 1.54) is 10.2 Å². The molecule has 0 bridgehead atoms. The van der Waals surface area contributed by atoms with Gasteiger partial charge >= 0.3 is 0 Å². The number of aromatic nitrogens is 3. The van der Waals surface area contributed by atoms with Gasteiger partial charge in [0.15, 0.2) is 12.9 Å². The molecule has 1 aromatic heterocycles. The molecule has 0 aliphatic rings. The molecule has 0 fully saturated rings. The van der Waals surface area contributed by atoms with E-state index >= 15 is 0 Å². The smallest absolute Gasteiger partial charge is 0.262 e. The molecule has 1 aromatic carbocycles. The van der Waals surface area contributed by atoms with Crippen LogP contribution in [0.25, 0.3) is 0 Å². The van der Waals surface area contributed by atoms with Crippen LogP contribution >= 0.6 is 0 Å². The minimum Gasteiger partial charge on any atom is -0.377 e. The molecule has 0 unspecified atom stereocenters. The lowest BCUT2D eigenvalue weighted by atomic mass is 10.1. The molecule has 1 amide bonds. The molecule has 5 heteroatoms. The fourth-order valence-corrected chi connectivity index (χ4v) is 1.85. The number of nitrogens with one attached hydrogen (secondary N) is 1. The average Bonchev–Trinajstić information content (AvgIpc) is 2.75. The SMILES string of the molecule is CC(C)(C)NC(=O)C[n+]1[c-]n(Cc2ccccc2)cn1. The number of benzene rings is 1. The van der Waals surface area contributed by atoms with E-state index in [9.17, 15) is 4.79 Å². The van der Waals surface area contributed by atoms with Gasteiger partial charge in [-0.1, -0.05) is 30.3 Å². The van der Waals surface area contributed by atoms with E-state index in [-0.39, 0.29) is 18.0 Å². The molecule has 0 aliphatic carbocycles. The second kappa shape index (κ2) is 5.86. The van der Waals surface area contributed by atoms with Crippen molar-refractivity contribution in [2.75, 3.05) is 0 Å². The Labute approximate surface area is 119 Å². The van der Waals surface area contributed by atoms with Crippen molar-refractivity contribution in [1.29, 1.82) is 0 Å². The second-order valence-corrected chi connectivity index (χ2v) is 5.80. The fraction of sp³-hybridized carbons (Fsp3) is 0.400. The highest BCUT2D eigenvalue weighted by Gasteiger charge is 2.15. The molecular weight excluding hydrogens is 252 g/mol. The Bertz CT molecular complexity index is 569. The summed E-state index contributed by atoms with van der Waals surface area (Å²) in [5.74, 6) is -0.0660. The first kappa shape index (κ1) is 14.2. The zero-order valence-electron chi connectivity index (χ0n) is 12.1. The maximum absolute atomic E-state index is 11.8. The van der Waals surface area contributed by atoms with E-state index in [1.54, 1.807) is 6.33 Å². The van der Waals surface area contributed by atoms with Crippen molar-refractivity contribution >= 4 is 5.91 Å². The van der Waals surface area contributed by atoms with Crippen LogP contribution in [0.5, 0.6) is 0 Å². The second-order valence-electron chi connectivity index (χ2n) is 5.80. The summed E-state index contributed by atoms with van der Waals surface area (Å²) in [6.45, 7) is 6.73. The van der Waals surface area contributed by atoms with Crippen LogP contribution in [0.2, 0.25) is 0 Å². The highest BCUT2D eigenvalue weighted by Crippen LogP contribution is 2.00. The highest BCUT2D eigenvalue weighted by atomic mass is 16.2. The third kappa shape index (κ3) is 4.50. The summed E-state index contributed by atoms with van der Waals surface area (Å²) in [6.07, 6.45) is 4.72. The van der Waals surface area contributed by atoms with Gasteiger partial charge in [-0.3, -0.25) is 4.79 Å². The molecule has 20 heavy (non-hydrogen) atoms. The van der Waals surface area contributed by atoms with Gasteiger partial charge in [-0.15, -0.1) is 0 Å². The predicted octanol–water partition coefficient (Wildman–Crippen LogP) is 0.934. The van der Waals surface area contributed by atoms with Crippen molar-refractivity contribution in [2.45, 2.75) is 39.4 Å². The summed E-state index contributed by atoms with van der Waals surface area (Å²) in [7, 11) is 0. The summed E-state index contributed by atoms with van der Waals surface area (Å²) in [4.78, 5) is 11.8. The quantitative estimate of drug-likeness (QED) is 0.665. The van der Waals surface area contributed by atoms with Gasteiger partial charge in [-0.25, -0.2) is 4.68 Å². The molecule has 0 aliphatic heterocycles. The summed E-state index contributed by atoms with van der Waals surface area (Å²) >= 11 is 0. The number of nitrogens with zero attached hydrogens (tertiary/aromatic N) is 3. The number of hydrogen-bond acceptors (Lipinski definition) is 2. The van der Waals surface area contributed by atoms with E-state index in [2.05, 4.69) is 16.7 Å². The highest BCUT2D eigenvalue weighted by molar-refractivity contribution is 5.75. The Hall–Kier alpha value is -2.17. The molecule has 1 heterocycles. The van der Waals surface area contributed by atoms with Gasteiger partial charge in [0.25, 0.3) is 5.91 Å². The van der Waals surface area contributed by atoms with E-state index in [4.69, 9.17) is 0 Å². The third-order valence-electron chi connectivity index (χ3n) is 2.58. The van der Waals surface area contributed by atoms with Crippen molar-refractivity contribution < 1.29 is 9.48 Å². The largest absolute Gasteiger partial charge is 0.377 e. The Morgan fingerprint density at radius 2 is 2.05 bits per heavy atom. The summed E-state index contributed by atoms with van der Waals surface area (Å²) < 4.78 is 3.35. The van der Waals surface area contributed by atoms with Gasteiger partial charge < -0.3 is 9.88 Å². The first-order chi connectivity index (χ1) is 9.42. The van der Waals surface area contributed by atoms with E-state index < -0.39 is 0 Å². The van der Waals surface area contributed by atoms with Crippen molar-refractivity contribution in [2.24, 2.45) is 0 Å². The van der Waals surface area contributed by atoms with Crippen LogP contribution in [0, 0.1) is 6.33 Å². The topological polar surface area (TPSA) is 50.8 Å². The number of hydrogen-bond donors (Lipinski definition) is 1. The first-order valence-corrected chi connectivity index (χ1v) is 6.62. The summed E-state index contributed by atoms with van der Waals surface area (Å²) in [5, 5.41) is 7.04. The maximum Gasteiger partial charge on any atom is 0.262 e. The molecule has 0 saturated heterocycles. The molecule has 2 rings (SSSR count). The Kier molecular flexibility index (Phi) is 4.17. The van der Waals surface area contributed by atoms with Gasteiger partial charge in [0.1, 0.15) is 0 Å². The lowest BCUT2D eigenvalue weighted by Crippen LogP contribution is -2.49. The normalized spacial score (nSPS) is 11.3. The van der Waals surface area contributed by atoms with Crippen LogP contribution in [0.4, 0.5) is 0 Å². The fourth-order valence-electron chi connectivity index (χ4n) is 1.85. The molecule has 0 radical (unpaired) electrons. The van der Waals surface area contributed by atoms with Crippen LogP contribution in [0.1, 0.15) is 26.3 Å². The van der Waals surface area contributed by atoms with Gasteiger partial charge in [0.05, 0.1) is 12.9 Å². The predicted molar refractivity (Wildman–Crippen MR) is 74.7 cm³/mol. The van der Waals surface area contributed by atoms with Crippen molar-refractivity contribution in [3.63, 3.8) is 0 Å². The van der Waals surface area contributed by atoms with E-state index in [0.717, 1.165) is 0 Å². The molecule has 106 valence electrons.